The zero-order valence-electron chi connectivity index (χ0n) is 15.6. The minimum atomic E-state index is -0.273. The zero-order valence-corrected chi connectivity index (χ0v) is 15.6. The number of amides is 1. The van der Waals surface area contributed by atoms with Gasteiger partial charge in [-0.3, -0.25) is 4.79 Å². The molecule has 4 heteroatoms. The lowest BCUT2D eigenvalue weighted by atomic mass is 9.86. The van der Waals surface area contributed by atoms with Crippen LogP contribution in [0.15, 0.2) is 48.5 Å². The molecule has 0 spiro atoms. The molecule has 0 saturated heterocycles. The van der Waals surface area contributed by atoms with Crippen LogP contribution in [0.4, 0.5) is 4.39 Å². The number of hydrogen-bond donors (Lipinski definition) is 0. The van der Waals surface area contributed by atoms with E-state index < -0.39 is 0 Å². The fraction of sp³-hybridized carbons (Fsp3) is 0.435. The van der Waals surface area contributed by atoms with Crippen LogP contribution in [-0.4, -0.2) is 23.5 Å². The number of benzene rings is 2. The maximum Gasteiger partial charge on any atom is 0.227 e. The number of hydrogen-bond acceptors (Lipinski definition) is 2. The number of carbonyl (C=O) groups excluding carboxylic acids is 1. The summed E-state index contributed by atoms with van der Waals surface area (Å²) in [7, 11) is 0. The molecule has 4 rings (SSSR count). The highest BCUT2D eigenvalue weighted by atomic mass is 19.1. The molecule has 27 heavy (non-hydrogen) atoms. The Morgan fingerprint density at radius 2 is 1.63 bits per heavy atom. The molecule has 2 aromatic carbocycles. The van der Waals surface area contributed by atoms with Gasteiger partial charge in [0.1, 0.15) is 11.6 Å². The monoisotopic (exact) mass is 367 g/mol. The highest BCUT2D eigenvalue weighted by molar-refractivity contribution is 5.79. The van der Waals surface area contributed by atoms with Gasteiger partial charge in [0.2, 0.25) is 5.91 Å². The fourth-order valence-corrected chi connectivity index (χ4v) is 3.45. The van der Waals surface area contributed by atoms with Crippen LogP contribution in [0.3, 0.4) is 0 Å². The second-order valence-corrected chi connectivity index (χ2v) is 7.81. The number of ether oxygens (including phenoxy) is 1. The van der Waals surface area contributed by atoms with Crippen molar-refractivity contribution in [2.75, 3.05) is 6.61 Å². The summed E-state index contributed by atoms with van der Waals surface area (Å²) in [6, 6.07) is 14.6. The Morgan fingerprint density at radius 3 is 2.22 bits per heavy atom. The molecule has 1 amide bonds. The molecule has 3 nitrogen and oxygen atoms in total. The van der Waals surface area contributed by atoms with Gasteiger partial charge in [-0.1, -0.05) is 30.7 Å². The van der Waals surface area contributed by atoms with Crippen LogP contribution < -0.4 is 4.74 Å². The van der Waals surface area contributed by atoms with E-state index in [4.69, 9.17) is 4.74 Å². The van der Waals surface area contributed by atoms with E-state index in [-0.39, 0.29) is 11.7 Å². The van der Waals surface area contributed by atoms with E-state index in [2.05, 4.69) is 12.1 Å². The van der Waals surface area contributed by atoms with Gasteiger partial charge in [0.05, 0.1) is 13.0 Å². The molecule has 0 atom stereocenters. The molecule has 0 N–H and O–H groups in total. The van der Waals surface area contributed by atoms with Gasteiger partial charge in [-0.25, -0.2) is 4.39 Å². The van der Waals surface area contributed by atoms with Crippen molar-refractivity contribution in [3.8, 4) is 5.75 Å². The summed E-state index contributed by atoms with van der Waals surface area (Å²) in [5.74, 6) is 1.46. The Balaban J connectivity index is 1.34. The minimum Gasteiger partial charge on any atom is -0.493 e. The second-order valence-electron chi connectivity index (χ2n) is 7.81. The molecule has 0 heterocycles. The van der Waals surface area contributed by atoms with Gasteiger partial charge < -0.3 is 9.64 Å². The van der Waals surface area contributed by atoms with Crippen molar-refractivity contribution in [2.24, 2.45) is 5.92 Å². The van der Waals surface area contributed by atoms with Gasteiger partial charge in [0.15, 0.2) is 0 Å². The first-order chi connectivity index (χ1) is 13.2. The average molecular weight is 367 g/mol. The van der Waals surface area contributed by atoms with Crippen LogP contribution in [0, 0.1) is 11.7 Å². The number of rotatable bonds is 8. The quantitative estimate of drug-likeness (QED) is 0.674. The fourth-order valence-electron chi connectivity index (χ4n) is 3.45. The summed E-state index contributed by atoms with van der Waals surface area (Å²) < 4.78 is 18.9. The molecule has 0 unspecified atom stereocenters. The van der Waals surface area contributed by atoms with Crippen LogP contribution in [-0.2, 0) is 17.8 Å². The highest BCUT2D eigenvalue weighted by Gasteiger charge is 2.32. The number of carbonyl (C=O) groups is 1. The SMILES string of the molecule is O=C(Cc1ccc(F)cc1)N(Cc1ccc(OCC2CCC2)cc1)C1CC1. The van der Waals surface area contributed by atoms with E-state index in [1.165, 1.54) is 31.4 Å². The summed E-state index contributed by atoms with van der Waals surface area (Å²) in [6.45, 7) is 1.43. The largest absolute Gasteiger partial charge is 0.493 e. The third kappa shape index (κ3) is 4.88. The Morgan fingerprint density at radius 1 is 0.963 bits per heavy atom. The van der Waals surface area contributed by atoms with Crippen LogP contribution in [0.2, 0.25) is 0 Å². The number of nitrogens with zero attached hydrogens (tertiary/aromatic N) is 1. The predicted octanol–water partition coefficient (Wildman–Crippen LogP) is 4.74. The zero-order chi connectivity index (χ0) is 18.6. The van der Waals surface area contributed by atoms with Crippen molar-refractivity contribution in [1.82, 2.24) is 4.90 Å². The van der Waals surface area contributed by atoms with E-state index in [0.717, 1.165) is 42.2 Å². The smallest absolute Gasteiger partial charge is 0.227 e. The van der Waals surface area contributed by atoms with E-state index in [1.807, 2.05) is 17.0 Å². The summed E-state index contributed by atoms with van der Waals surface area (Å²) in [5, 5.41) is 0. The van der Waals surface area contributed by atoms with Gasteiger partial charge in [0.25, 0.3) is 0 Å². The maximum atomic E-state index is 13.1. The van der Waals surface area contributed by atoms with Gasteiger partial charge in [-0.05, 0) is 67.0 Å². The van der Waals surface area contributed by atoms with Gasteiger partial charge in [-0.2, -0.15) is 0 Å². The predicted molar refractivity (Wildman–Crippen MR) is 103 cm³/mol. The molecule has 2 saturated carbocycles. The van der Waals surface area contributed by atoms with Crippen molar-refractivity contribution in [1.29, 1.82) is 0 Å². The van der Waals surface area contributed by atoms with Crippen LogP contribution in [0.1, 0.15) is 43.2 Å². The first-order valence-electron chi connectivity index (χ1n) is 9.93. The average Bonchev–Trinajstić information content (AvgIpc) is 3.46. The van der Waals surface area contributed by atoms with E-state index in [0.29, 0.717) is 19.0 Å². The molecule has 2 aromatic rings. The number of halogens is 1. The maximum absolute atomic E-state index is 13.1. The molecule has 0 bridgehead atoms. The molecular formula is C23H26FNO2. The highest BCUT2D eigenvalue weighted by Crippen LogP contribution is 2.30. The normalized spacial score (nSPS) is 16.6. The Hall–Kier alpha value is -2.36. The first-order valence-corrected chi connectivity index (χ1v) is 9.93. The van der Waals surface area contributed by atoms with Crippen LogP contribution >= 0.6 is 0 Å². The van der Waals surface area contributed by atoms with Crippen molar-refractivity contribution >= 4 is 5.91 Å². The molecule has 0 aliphatic heterocycles. The van der Waals surface area contributed by atoms with Crippen molar-refractivity contribution in [3.63, 3.8) is 0 Å². The standard InChI is InChI=1S/C23H26FNO2/c24-20-8-4-17(5-9-20)14-23(26)25(21-10-11-21)15-18-6-12-22(13-7-18)27-16-19-2-1-3-19/h4-9,12-13,19,21H,1-3,10-11,14-16H2. The molecule has 2 aliphatic carbocycles. The Kier molecular flexibility index (Phi) is 5.42. The summed E-state index contributed by atoms with van der Waals surface area (Å²) in [4.78, 5) is 14.7. The topological polar surface area (TPSA) is 29.5 Å². The van der Waals surface area contributed by atoms with Crippen LogP contribution in [0.5, 0.6) is 5.75 Å². The third-order valence-corrected chi connectivity index (χ3v) is 5.56. The molecule has 2 aliphatic rings. The summed E-state index contributed by atoms with van der Waals surface area (Å²) in [6.07, 6.45) is 6.35. The third-order valence-electron chi connectivity index (χ3n) is 5.56. The lowest BCUT2D eigenvalue weighted by Gasteiger charge is -2.25. The van der Waals surface area contributed by atoms with Crippen molar-refractivity contribution < 1.29 is 13.9 Å². The summed E-state index contributed by atoms with van der Waals surface area (Å²) in [5.41, 5.74) is 1.97. The lowest BCUT2D eigenvalue weighted by molar-refractivity contribution is -0.131. The van der Waals surface area contributed by atoms with Gasteiger partial charge in [-0.15, -0.1) is 0 Å². The van der Waals surface area contributed by atoms with Crippen LogP contribution in [0.25, 0.3) is 0 Å². The van der Waals surface area contributed by atoms with Crippen molar-refractivity contribution in [2.45, 2.75) is 51.1 Å². The molecule has 0 aromatic heterocycles. The lowest BCUT2D eigenvalue weighted by Crippen LogP contribution is -2.33. The Labute approximate surface area is 160 Å². The minimum absolute atomic E-state index is 0.106. The van der Waals surface area contributed by atoms with Gasteiger partial charge in [0, 0.05) is 12.6 Å². The molecule has 142 valence electrons. The first kappa shape index (κ1) is 18.0. The molecule has 0 radical (unpaired) electrons. The second kappa shape index (κ2) is 8.12. The van der Waals surface area contributed by atoms with E-state index >= 15 is 0 Å². The molecule has 2 fully saturated rings. The van der Waals surface area contributed by atoms with Crippen molar-refractivity contribution in [3.05, 3.63) is 65.5 Å². The Bertz CT molecular complexity index is 764. The van der Waals surface area contributed by atoms with Gasteiger partial charge >= 0.3 is 0 Å². The van der Waals surface area contributed by atoms with E-state index in [9.17, 15) is 9.18 Å². The molecular weight excluding hydrogens is 341 g/mol. The summed E-state index contributed by atoms with van der Waals surface area (Å²) >= 11 is 0. The van der Waals surface area contributed by atoms with E-state index in [1.54, 1.807) is 12.1 Å².